The zero-order valence-electron chi connectivity index (χ0n) is 14.5. The lowest BCUT2D eigenvalue weighted by atomic mass is 10.1. The average molecular weight is 372 g/mol. The summed E-state index contributed by atoms with van der Waals surface area (Å²) in [4.78, 5) is 22.8. The number of ether oxygens (including phenoxy) is 3. The molecule has 27 heavy (non-hydrogen) atoms. The third kappa shape index (κ3) is 3.73. The Kier molecular flexibility index (Phi) is 5.06. The topological polar surface area (TPSA) is 143 Å². The average Bonchev–Trinajstić information content (AvgIpc) is 3.35. The number of nitrogens with zero attached hydrogens (tertiary/aromatic N) is 2. The molecule has 0 saturated carbocycles. The molecule has 0 aliphatic carbocycles. The summed E-state index contributed by atoms with van der Waals surface area (Å²) >= 11 is 0. The fraction of sp³-hybridized carbons (Fsp3) is 0.176. The molecule has 2 heterocycles. The van der Waals surface area contributed by atoms with Crippen LogP contribution >= 0.6 is 0 Å². The first-order chi connectivity index (χ1) is 13.0. The Morgan fingerprint density at radius 1 is 1.15 bits per heavy atom. The summed E-state index contributed by atoms with van der Waals surface area (Å²) in [6.45, 7) is 0.0726. The third-order valence-corrected chi connectivity index (χ3v) is 3.64. The van der Waals surface area contributed by atoms with Crippen molar-refractivity contribution in [2.24, 2.45) is 5.73 Å². The van der Waals surface area contributed by atoms with Gasteiger partial charge in [0, 0.05) is 5.56 Å². The van der Waals surface area contributed by atoms with Crippen molar-refractivity contribution in [1.29, 1.82) is 0 Å². The van der Waals surface area contributed by atoms with Gasteiger partial charge in [0.25, 0.3) is 5.91 Å². The van der Waals surface area contributed by atoms with Crippen molar-refractivity contribution in [3.05, 3.63) is 47.5 Å². The Labute approximate surface area is 153 Å². The van der Waals surface area contributed by atoms with Crippen molar-refractivity contribution in [3.8, 4) is 22.8 Å². The quantitative estimate of drug-likeness (QED) is 0.595. The fourth-order valence-corrected chi connectivity index (χ4v) is 2.35. The number of H-pyrrole nitrogens is 1. The van der Waals surface area contributed by atoms with Crippen molar-refractivity contribution in [1.82, 2.24) is 15.4 Å². The number of hydrogen-bond donors (Lipinski definition) is 2. The molecule has 140 valence electrons. The van der Waals surface area contributed by atoms with Crippen LogP contribution in [0, 0.1) is 0 Å². The smallest absolute Gasteiger partial charge is 0.373 e. The van der Waals surface area contributed by atoms with Crippen molar-refractivity contribution < 1.29 is 28.2 Å². The molecule has 0 aliphatic rings. The second-order valence-corrected chi connectivity index (χ2v) is 5.30. The van der Waals surface area contributed by atoms with Gasteiger partial charge >= 0.3 is 5.97 Å². The first-order valence-electron chi connectivity index (χ1n) is 7.72. The fourth-order valence-electron chi connectivity index (χ4n) is 2.35. The van der Waals surface area contributed by atoms with Crippen LogP contribution in [0.1, 0.15) is 26.8 Å². The van der Waals surface area contributed by atoms with E-state index in [1.54, 1.807) is 24.3 Å². The lowest BCUT2D eigenvalue weighted by molar-refractivity contribution is 0.0560. The van der Waals surface area contributed by atoms with Gasteiger partial charge in [-0.15, -0.1) is 0 Å². The van der Waals surface area contributed by atoms with Crippen LogP contribution in [-0.4, -0.2) is 41.5 Å². The van der Waals surface area contributed by atoms with Crippen molar-refractivity contribution in [2.45, 2.75) is 6.61 Å². The largest absolute Gasteiger partial charge is 0.493 e. The van der Waals surface area contributed by atoms with E-state index in [0.717, 1.165) is 0 Å². The molecule has 1 amide bonds. The summed E-state index contributed by atoms with van der Waals surface area (Å²) in [5.74, 6) is 0.0999. The molecule has 3 N–H and O–H groups in total. The zero-order chi connectivity index (χ0) is 19.4. The molecule has 0 fully saturated rings. The number of carbonyl (C=O) groups excluding carboxylic acids is 2. The molecule has 10 nitrogen and oxygen atoms in total. The van der Waals surface area contributed by atoms with E-state index in [1.165, 1.54) is 20.3 Å². The Morgan fingerprint density at radius 2 is 1.96 bits per heavy atom. The van der Waals surface area contributed by atoms with Gasteiger partial charge in [0.15, 0.2) is 17.2 Å². The summed E-state index contributed by atoms with van der Waals surface area (Å²) in [7, 11) is 2.75. The predicted octanol–water partition coefficient (Wildman–Crippen LogP) is 1.54. The molecule has 0 saturated heterocycles. The lowest BCUT2D eigenvalue weighted by Gasteiger charge is -2.11. The number of amides is 1. The van der Waals surface area contributed by atoms with E-state index in [1.807, 2.05) is 0 Å². The van der Waals surface area contributed by atoms with Gasteiger partial charge in [0.1, 0.15) is 18.1 Å². The van der Waals surface area contributed by atoms with Gasteiger partial charge in [-0.1, -0.05) is 0 Å². The van der Waals surface area contributed by atoms with Crippen LogP contribution in [0.4, 0.5) is 0 Å². The van der Waals surface area contributed by atoms with Gasteiger partial charge in [-0.2, -0.15) is 15.4 Å². The Balaban J connectivity index is 1.78. The molecule has 0 spiro atoms. The first-order valence-corrected chi connectivity index (χ1v) is 7.72. The highest BCUT2D eigenvalue weighted by Crippen LogP contribution is 2.33. The van der Waals surface area contributed by atoms with E-state index >= 15 is 0 Å². The molecule has 0 atom stereocenters. The van der Waals surface area contributed by atoms with Crippen molar-refractivity contribution in [2.75, 3.05) is 14.2 Å². The molecule has 1 aromatic carbocycles. The normalized spacial score (nSPS) is 10.4. The summed E-state index contributed by atoms with van der Waals surface area (Å²) < 4.78 is 20.9. The first kappa shape index (κ1) is 18.0. The Bertz CT molecular complexity index is 977. The number of furan rings is 1. The highest BCUT2D eigenvalue weighted by atomic mass is 16.5. The van der Waals surface area contributed by atoms with Crippen LogP contribution in [0.5, 0.6) is 11.5 Å². The maximum atomic E-state index is 11.4. The number of esters is 1. The number of primary amides is 1. The lowest BCUT2D eigenvalue weighted by Crippen LogP contribution is -2.12. The number of carbonyl (C=O) groups is 2. The van der Waals surface area contributed by atoms with Crippen molar-refractivity contribution in [3.63, 3.8) is 0 Å². The number of methoxy groups -OCH3 is 2. The minimum absolute atomic E-state index is 0.0247. The Morgan fingerprint density at radius 3 is 2.67 bits per heavy atom. The van der Waals surface area contributed by atoms with E-state index in [2.05, 4.69) is 20.1 Å². The molecular formula is C17H16N4O6. The van der Waals surface area contributed by atoms with E-state index in [9.17, 15) is 9.59 Å². The summed E-state index contributed by atoms with van der Waals surface area (Å²) in [6, 6.07) is 8.09. The molecule has 0 unspecified atom stereocenters. The van der Waals surface area contributed by atoms with Gasteiger partial charge in [-0.3, -0.25) is 4.79 Å². The highest BCUT2D eigenvalue weighted by molar-refractivity contribution is 5.96. The number of nitrogens with two attached hydrogens (primary N) is 1. The van der Waals surface area contributed by atoms with Crippen LogP contribution in [-0.2, 0) is 11.3 Å². The zero-order valence-corrected chi connectivity index (χ0v) is 14.5. The van der Waals surface area contributed by atoms with Crippen LogP contribution in [0.3, 0.4) is 0 Å². The van der Waals surface area contributed by atoms with E-state index < -0.39 is 11.9 Å². The molecular weight excluding hydrogens is 356 g/mol. The molecule has 0 radical (unpaired) electrons. The van der Waals surface area contributed by atoms with Crippen LogP contribution in [0.2, 0.25) is 0 Å². The van der Waals surface area contributed by atoms with E-state index in [4.69, 9.17) is 19.6 Å². The van der Waals surface area contributed by atoms with Gasteiger partial charge in [0.05, 0.1) is 14.2 Å². The minimum atomic E-state index is -0.697. The molecule has 2 aromatic heterocycles. The van der Waals surface area contributed by atoms with Gasteiger partial charge in [-0.25, -0.2) is 4.79 Å². The van der Waals surface area contributed by atoms with Crippen molar-refractivity contribution >= 4 is 11.9 Å². The maximum absolute atomic E-state index is 11.4. The standard InChI is InChI=1S/C17H16N4O6/c1-24-13-7-9(14-15(16(18)22)20-21-19-14)3-5-11(13)26-8-10-4-6-12(27-10)17(23)25-2/h3-7H,8H2,1-2H3,(H2,18,22)(H,19,20,21). The number of benzene rings is 1. The summed E-state index contributed by atoms with van der Waals surface area (Å²) in [5, 5.41) is 10.0. The highest BCUT2D eigenvalue weighted by Gasteiger charge is 2.17. The Hall–Kier alpha value is -3.82. The van der Waals surface area contributed by atoms with E-state index in [-0.39, 0.29) is 18.1 Å². The number of aromatic nitrogens is 3. The SMILES string of the molecule is COC(=O)c1ccc(COc2ccc(-c3n[nH]nc3C(N)=O)cc2OC)o1. The van der Waals surface area contributed by atoms with Crippen LogP contribution < -0.4 is 15.2 Å². The number of hydrogen-bond acceptors (Lipinski definition) is 8. The molecule has 0 bridgehead atoms. The second kappa shape index (κ2) is 7.60. The van der Waals surface area contributed by atoms with Crippen LogP contribution in [0.25, 0.3) is 11.3 Å². The summed E-state index contributed by atoms with van der Waals surface area (Å²) in [5.41, 5.74) is 6.19. The van der Waals surface area contributed by atoms with Crippen LogP contribution in [0.15, 0.2) is 34.7 Å². The van der Waals surface area contributed by atoms with Gasteiger partial charge in [-0.05, 0) is 30.3 Å². The number of rotatable bonds is 7. The molecule has 10 heteroatoms. The van der Waals surface area contributed by atoms with Gasteiger partial charge in [0.2, 0.25) is 5.76 Å². The molecule has 3 aromatic rings. The summed E-state index contributed by atoms with van der Waals surface area (Å²) in [6.07, 6.45) is 0. The third-order valence-electron chi connectivity index (χ3n) is 3.64. The number of nitrogens with one attached hydrogen (secondary N) is 1. The molecule has 0 aliphatic heterocycles. The monoisotopic (exact) mass is 372 g/mol. The predicted molar refractivity (Wildman–Crippen MR) is 91.3 cm³/mol. The number of aromatic amines is 1. The van der Waals surface area contributed by atoms with Gasteiger partial charge < -0.3 is 24.4 Å². The second-order valence-electron chi connectivity index (χ2n) is 5.30. The maximum Gasteiger partial charge on any atom is 0.373 e. The van der Waals surface area contributed by atoms with E-state index in [0.29, 0.717) is 28.5 Å². The minimum Gasteiger partial charge on any atom is -0.493 e. The molecule has 3 rings (SSSR count).